The number of hydrogen-bond donors (Lipinski definition) is 1. The molecule has 3 heterocycles. The molecule has 2 amide bonds. The molecule has 190 valence electrons. The molecule has 0 aliphatic carbocycles. The van der Waals surface area contributed by atoms with Gasteiger partial charge in [-0.1, -0.05) is 0 Å². The molecule has 11 heteroatoms. The molecule has 0 bridgehead atoms. The number of nitro groups is 1. The topological polar surface area (TPSA) is 123 Å². The Morgan fingerprint density at radius 1 is 1.20 bits per heavy atom. The van der Waals surface area contributed by atoms with Crippen LogP contribution in [0.1, 0.15) is 46.5 Å². The van der Waals surface area contributed by atoms with Gasteiger partial charge in [0.15, 0.2) is 0 Å². The van der Waals surface area contributed by atoms with Crippen molar-refractivity contribution in [1.29, 1.82) is 0 Å². The Kier molecular flexibility index (Phi) is 7.25. The zero-order valence-electron chi connectivity index (χ0n) is 20.6. The lowest BCUT2D eigenvalue weighted by molar-refractivity contribution is -0.384. The summed E-state index contributed by atoms with van der Waals surface area (Å²) in [6.45, 7) is 8.50. The summed E-state index contributed by atoms with van der Waals surface area (Å²) < 4.78 is 7.24. The Morgan fingerprint density at radius 2 is 1.97 bits per heavy atom. The third-order valence-electron chi connectivity index (χ3n) is 6.47. The number of carbonyl (C=O) groups is 2. The van der Waals surface area contributed by atoms with Crippen LogP contribution in [0.3, 0.4) is 0 Å². The summed E-state index contributed by atoms with van der Waals surface area (Å²) in [6.07, 6.45) is 4.67. The van der Waals surface area contributed by atoms with Gasteiger partial charge in [-0.15, -0.1) is 0 Å². The normalized spacial score (nSPS) is 21.6. The second-order valence-corrected chi connectivity index (χ2v) is 10.5. The zero-order valence-corrected chi connectivity index (χ0v) is 20.6. The monoisotopic (exact) mass is 486 g/mol. The van der Waals surface area contributed by atoms with Gasteiger partial charge in [0.1, 0.15) is 5.60 Å². The van der Waals surface area contributed by atoms with Gasteiger partial charge < -0.3 is 15.0 Å². The number of ether oxygens (including phenoxy) is 1. The number of rotatable bonds is 5. The van der Waals surface area contributed by atoms with Crippen LogP contribution in [0.4, 0.5) is 10.5 Å². The Hall–Kier alpha value is -3.21. The van der Waals surface area contributed by atoms with Crippen molar-refractivity contribution in [3.05, 3.63) is 34.5 Å². The number of nitrogens with zero attached hydrogens (tertiary/aromatic N) is 5. The van der Waals surface area contributed by atoms with Crippen LogP contribution in [0.5, 0.6) is 0 Å². The van der Waals surface area contributed by atoms with Gasteiger partial charge in [0, 0.05) is 49.7 Å². The van der Waals surface area contributed by atoms with Crippen molar-refractivity contribution in [3.63, 3.8) is 0 Å². The highest BCUT2D eigenvalue weighted by atomic mass is 16.6. The first kappa shape index (κ1) is 24.9. The van der Waals surface area contributed by atoms with Gasteiger partial charge in [-0.25, -0.2) is 4.79 Å². The van der Waals surface area contributed by atoms with Crippen LogP contribution in [0.15, 0.2) is 24.4 Å². The second kappa shape index (κ2) is 10.2. The van der Waals surface area contributed by atoms with Gasteiger partial charge in [-0.2, -0.15) is 5.10 Å². The van der Waals surface area contributed by atoms with Crippen molar-refractivity contribution in [3.8, 4) is 0 Å². The molecule has 2 unspecified atom stereocenters. The molecule has 35 heavy (non-hydrogen) atoms. The third-order valence-corrected chi connectivity index (χ3v) is 6.47. The van der Waals surface area contributed by atoms with Gasteiger partial charge in [0.05, 0.1) is 29.2 Å². The Labute approximate surface area is 204 Å². The molecule has 1 aromatic carbocycles. The molecular weight excluding hydrogens is 452 g/mol. The van der Waals surface area contributed by atoms with E-state index < -0.39 is 10.5 Å². The second-order valence-electron chi connectivity index (χ2n) is 10.5. The fourth-order valence-electron chi connectivity index (χ4n) is 4.78. The van der Waals surface area contributed by atoms with E-state index in [4.69, 9.17) is 4.74 Å². The van der Waals surface area contributed by atoms with E-state index in [1.54, 1.807) is 27.9 Å². The molecule has 0 radical (unpaired) electrons. The highest BCUT2D eigenvalue weighted by Crippen LogP contribution is 2.23. The molecule has 2 atom stereocenters. The van der Waals surface area contributed by atoms with E-state index in [2.05, 4.69) is 15.3 Å². The number of non-ortho nitro benzene ring substituents is 1. The van der Waals surface area contributed by atoms with Crippen molar-refractivity contribution in [2.24, 2.45) is 5.92 Å². The average molecular weight is 487 g/mol. The Balaban J connectivity index is 1.33. The number of likely N-dealkylation sites (tertiary alicyclic amines) is 2. The summed E-state index contributed by atoms with van der Waals surface area (Å²) >= 11 is 0. The number of piperidine rings is 2. The van der Waals surface area contributed by atoms with Crippen LogP contribution >= 0.6 is 0 Å². The van der Waals surface area contributed by atoms with Gasteiger partial charge in [-0.05, 0) is 52.5 Å². The summed E-state index contributed by atoms with van der Waals surface area (Å²) in [6, 6.07) is 4.74. The summed E-state index contributed by atoms with van der Waals surface area (Å²) in [7, 11) is 0. The van der Waals surface area contributed by atoms with Crippen LogP contribution in [-0.2, 0) is 16.2 Å². The zero-order chi connectivity index (χ0) is 25.2. The number of nitro benzene ring substituents is 1. The quantitative estimate of drug-likeness (QED) is 0.509. The molecule has 2 saturated heterocycles. The molecule has 0 saturated carbocycles. The number of amides is 2. The van der Waals surface area contributed by atoms with E-state index in [1.807, 2.05) is 20.8 Å². The SMILES string of the molecule is CC(C)(C)OC(=O)N1CCCC(C(=O)NC2CCCN(Cn3ncc4ccc([N+](=O)[O-])cc43)C2)C1. The van der Waals surface area contributed by atoms with Crippen LogP contribution in [0.2, 0.25) is 0 Å². The molecule has 2 aliphatic heterocycles. The summed E-state index contributed by atoms with van der Waals surface area (Å²) in [5.74, 6) is -0.271. The van der Waals surface area contributed by atoms with Crippen LogP contribution in [0, 0.1) is 16.0 Å². The number of hydrogen-bond acceptors (Lipinski definition) is 7. The number of carbonyl (C=O) groups excluding carboxylic acids is 2. The molecule has 2 aliphatic rings. The molecule has 4 rings (SSSR count). The van der Waals surface area contributed by atoms with Crippen LogP contribution < -0.4 is 5.32 Å². The average Bonchev–Trinajstić information content (AvgIpc) is 3.20. The fourth-order valence-corrected chi connectivity index (χ4v) is 4.78. The first-order valence-corrected chi connectivity index (χ1v) is 12.2. The van der Waals surface area contributed by atoms with Crippen molar-refractivity contribution < 1.29 is 19.2 Å². The van der Waals surface area contributed by atoms with Crippen molar-refractivity contribution in [1.82, 2.24) is 24.9 Å². The molecule has 2 aromatic rings. The van der Waals surface area contributed by atoms with E-state index in [0.717, 1.165) is 43.1 Å². The largest absolute Gasteiger partial charge is 0.444 e. The van der Waals surface area contributed by atoms with Crippen LogP contribution in [-0.4, -0.2) is 74.3 Å². The lowest BCUT2D eigenvalue weighted by Crippen LogP contribution is -2.52. The van der Waals surface area contributed by atoms with Gasteiger partial charge >= 0.3 is 6.09 Å². The summed E-state index contributed by atoms with van der Waals surface area (Å²) in [4.78, 5) is 40.1. The van der Waals surface area contributed by atoms with Crippen LogP contribution in [0.25, 0.3) is 10.9 Å². The van der Waals surface area contributed by atoms with E-state index in [9.17, 15) is 19.7 Å². The minimum absolute atomic E-state index is 0.00400. The number of fused-ring (bicyclic) bond motifs is 1. The molecule has 1 aromatic heterocycles. The lowest BCUT2D eigenvalue weighted by Gasteiger charge is -2.36. The smallest absolute Gasteiger partial charge is 0.410 e. The molecule has 0 spiro atoms. The molecular formula is C24H34N6O5. The van der Waals surface area contributed by atoms with Gasteiger partial charge in [0.25, 0.3) is 5.69 Å². The minimum atomic E-state index is -0.567. The van der Waals surface area contributed by atoms with Crippen molar-refractivity contribution in [2.75, 3.05) is 26.2 Å². The highest BCUT2D eigenvalue weighted by molar-refractivity contribution is 5.81. The first-order chi connectivity index (χ1) is 16.6. The maximum absolute atomic E-state index is 13.0. The molecule has 11 nitrogen and oxygen atoms in total. The summed E-state index contributed by atoms with van der Waals surface area (Å²) in [5, 5.41) is 19.6. The predicted molar refractivity (Wildman–Crippen MR) is 130 cm³/mol. The Morgan fingerprint density at radius 3 is 2.71 bits per heavy atom. The Bertz CT molecular complexity index is 1090. The predicted octanol–water partition coefficient (Wildman–Crippen LogP) is 3.13. The van der Waals surface area contributed by atoms with Crippen molar-refractivity contribution >= 4 is 28.6 Å². The minimum Gasteiger partial charge on any atom is -0.444 e. The number of nitrogens with one attached hydrogen (secondary N) is 1. The van der Waals surface area contributed by atoms with E-state index in [-0.39, 0.29) is 29.6 Å². The van der Waals surface area contributed by atoms with Gasteiger partial charge in [-0.3, -0.25) is 24.5 Å². The maximum atomic E-state index is 13.0. The summed E-state index contributed by atoms with van der Waals surface area (Å²) in [5.41, 5.74) is 0.189. The molecule has 2 fully saturated rings. The number of benzene rings is 1. The van der Waals surface area contributed by atoms with Gasteiger partial charge in [0.2, 0.25) is 5.91 Å². The maximum Gasteiger partial charge on any atom is 0.410 e. The number of aromatic nitrogens is 2. The fraction of sp³-hybridized carbons (Fsp3) is 0.625. The highest BCUT2D eigenvalue weighted by Gasteiger charge is 2.32. The first-order valence-electron chi connectivity index (χ1n) is 12.2. The van der Waals surface area contributed by atoms with E-state index in [0.29, 0.717) is 26.3 Å². The third kappa shape index (κ3) is 6.27. The van der Waals surface area contributed by atoms with E-state index in [1.165, 1.54) is 6.07 Å². The lowest BCUT2D eigenvalue weighted by atomic mass is 9.96. The van der Waals surface area contributed by atoms with E-state index >= 15 is 0 Å². The van der Waals surface area contributed by atoms with Crippen molar-refractivity contribution in [2.45, 2.75) is 64.8 Å². The molecule has 1 N–H and O–H groups in total. The standard InChI is InChI=1S/C24H34N6O5/c1-24(2,3)35-23(32)28-11-4-6-18(14-28)22(31)26-19-7-5-10-27(15-19)16-29-21-12-20(30(33)34)9-8-17(21)13-25-29/h8-9,12-13,18-19H,4-7,10-11,14-16H2,1-3H3,(H,26,31).